The number of nitrogens with zero attached hydrogens (tertiary/aromatic N) is 5. The molecule has 0 atom stereocenters. The van der Waals surface area contributed by atoms with Crippen molar-refractivity contribution in [1.82, 2.24) is 25.0 Å². The molecule has 0 saturated carbocycles. The summed E-state index contributed by atoms with van der Waals surface area (Å²) in [6.45, 7) is 6.24. The second-order valence-corrected chi connectivity index (χ2v) is 7.08. The summed E-state index contributed by atoms with van der Waals surface area (Å²) in [4.78, 5) is 11.4. The maximum Gasteiger partial charge on any atom is 0.194 e. The highest BCUT2D eigenvalue weighted by Gasteiger charge is 2.09. The molecule has 1 aromatic carbocycles. The van der Waals surface area contributed by atoms with Crippen molar-refractivity contribution in [2.75, 3.05) is 13.6 Å². The van der Waals surface area contributed by atoms with Gasteiger partial charge in [0.15, 0.2) is 5.96 Å². The fourth-order valence-corrected chi connectivity index (χ4v) is 3.20. The SMILES string of the molecule is CCNC(=NCc1cnn(-c2ccccc2)c1)N(C)Cc1csc(C)n1.I. The van der Waals surface area contributed by atoms with E-state index in [1.807, 2.05) is 61.4 Å². The molecule has 27 heavy (non-hydrogen) atoms. The van der Waals surface area contributed by atoms with E-state index in [2.05, 4.69) is 32.6 Å². The number of aromatic nitrogens is 3. The van der Waals surface area contributed by atoms with Crippen LogP contribution in [0.15, 0.2) is 53.1 Å². The van der Waals surface area contributed by atoms with Crippen molar-refractivity contribution in [3.8, 4) is 5.69 Å². The molecule has 2 aromatic heterocycles. The van der Waals surface area contributed by atoms with Crippen molar-refractivity contribution in [2.45, 2.75) is 26.9 Å². The Morgan fingerprint density at radius 3 is 2.74 bits per heavy atom. The molecule has 3 aromatic rings. The number of guanidine groups is 1. The van der Waals surface area contributed by atoms with Crippen LogP contribution in [0.4, 0.5) is 0 Å². The van der Waals surface area contributed by atoms with Crippen LogP contribution in [0.3, 0.4) is 0 Å². The van der Waals surface area contributed by atoms with Crippen LogP contribution >= 0.6 is 35.3 Å². The first-order valence-electron chi connectivity index (χ1n) is 8.65. The molecule has 0 saturated heterocycles. The Labute approximate surface area is 181 Å². The Balaban J connectivity index is 0.00000261. The third kappa shape index (κ3) is 6.03. The predicted octanol–water partition coefficient (Wildman–Crippen LogP) is 3.85. The Bertz CT molecular complexity index is 858. The van der Waals surface area contributed by atoms with Crippen molar-refractivity contribution < 1.29 is 0 Å². The lowest BCUT2D eigenvalue weighted by Gasteiger charge is -2.21. The highest BCUT2D eigenvalue weighted by atomic mass is 127. The van der Waals surface area contributed by atoms with E-state index in [0.29, 0.717) is 6.54 Å². The molecule has 0 radical (unpaired) electrons. The largest absolute Gasteiger partial charge is 0.357 e. The molecule has 0 aliphatic heterocycles. The fourth-order valence-electron chi connectivity index (χ4n) is 2.60. The first kappa shape index (κ1) is 21.4. The lowest BCUT2D eigenvalue weighted by molar-refractivity contribution is 0.471. The van der Waals surface area contributed by atoms with E-state index in [1.54, 1.807) is 11.3 Å². The minimum atomic E-state index is 0. The highest BCUT2D eigenvalue weighted by Crippen LogP contribution is 2.11. The van der Waals surface area contributed by atoms with E-state index >= 15 is 0 Å². The van der Waals surface area contributed by atoms with Crippen molar-refractivity contribution in [3.63, 3.8) is 0 Å². The van der Waals surface area contributed by atoms with Crippen molar-refractivity contribution in [1.29, 1.82) is 0 Å². The smallest absolute Gasteiger partial charge is 0.194 e. The van der Waals surface area contributed by atoms with Gasteiger partial charge in [-0.15, -0.1) is 35.3 Å². The van der Waals surface area contributed by atoms with Gasteiger partial charge in [-0.05, 0) is 26.0 Å². The van der Waals surface area contributed by atoms with Crippen LogP contribution in [-0.4, -0.2) is 39.2 Å². The van der Waals surface area contributed by atoms with Gasteiger partial charge in [0, 0.05) is 30.7 Å². The standard InChI is InChI=1S/C19H24N6S.HI/c1-4-20-19(24(3)13-17-14-26-15(2)23-17)21-10-16-11-22-25(12-16)18-8-6-5-7-9-18;/h5-9,11-12,14H,4,10,13H2,1-3H3,(H,20,21);1H. The average Bonchev–Trinajstić information content (AvgIpc) is 3.28. The summed E-state index contributed by atoms with van der Waals surface area (Å²) in [7, 11) is 2.03. The quantitative estimate of drug-likeness (QED) is 0.320. The summed E-state index contributed by atoms with van der Waals surface area (Å²) in [5.41, 5.74) is 3.19. The van der Waals surface area contributed by atoms with Crippen LogP contribution in [0, 0.1) is 6.92 Å². The van der Waals surface area contributed by atoms with Gasteiger partial charge in [0.2, 0.25) is 0 Å². The molecular formula is C19H25IN6S. The molecule has 3 rings (SSSR count). The number of para-hydroxylation sites is 1. The van der Waals surface area contributed by atoms with Gasteiger partial charge in [-0.25, -0.2) is 14.7 Å². The highest BCUT2D eigenvalue weighted by molar-refractivity contribution is 14.0. The van der Waals surface area contributed by atoms with Crippen molar-refractivity contribution in [3.05, 3.63) is 64.4 Å². The zero-order valence-electron chi connectivity index (χ0n) is 15.8. The van der Waals surface area contributed by atoms with Crippen LogP contribution in [-0.2, 0) is 13.1 Å². The minimum absolute atomic E-state index is 0. The number of nitrogens with one attached hydrogen (secondary N) is 1. The number of aryl methyl sites for hydroxylation is 1. The maximum atomic E-state index is 4.75. The number of thiazole rings is 1. The zero-order valence-corrected chi connectivity index (χ0v) is 18.9. The predicted molar refractivity (Wildman–Crippen MR) is 122 cm³/mol. The molecule has 6 nitrogen and oxygen atoms in total. The number of hydrogen-bond acceptors (Lipinski definition) is 4. The fraction of sp³-hybridized carbons (Fsp3) is 0.316. The van der Waals surface area contributed by atoms with Gasteiger partial charge in [0.1, 0.15) is 0 Å². The molecule has 144 valence electrons. The van der Waals surface area contributed by atoms with E-state index in [0.717, 1.165) is 41.0 Å². The average molecular weight is 496 g/mol. The van der Waals surface area contributed by atoms with Crippen LogP contribution in [0.2, 0.25) is 0 Å². The van der Waals surface area contributed by atoms with Crippen LogP contribution in [0.1, 0.15) is 23.2 Å². The third-order valence-corrected chi connectivity index (χ3v) is 4.65. The summed E-state index contributed by atoms with van der Waals surface area (Å²) < 4.78 is 1.87. The topological polar surface area (TPSA) is 58.3 Å². The second kappa shape index (κ2) is 10.4. The Hall–Kier alpha value is -1.94. The summed E-state index contributed by atoms with van der Waals surface area (Å²) in [6.07, 6.45) is 3.88. The maximum absolute atomic E-state index is 4.75. The molecule has 0 spiro atoms. The summed E-state index contributed by atoms with van der Waals surface area (Å²) in [5.74, 6) is 0.866. The molecule has 0 fully saturated rings. The Morgan fingerprint density at radius 1 is 1.30 bits per heavy atom. The number of aliphatic imine (C=N–C) groups is 1. The molecule has 8 heteroatoms. The van der Waals surface area contributed by atoms with Gasteiger partial charge in [-0.3, -0.25) is 0 Å². The summed E-state index contributed by atoms with van der Waals surface area (Å²) in [5, 5.41) is 11.0. The lowest BCUT2D eigenvalue weighted by Crippen LogP contribution is -2.38. The number of benzene rings is 1. The summed E-state index contributed by atoms with van der Waals surface area (Å²) >= 11 is 1.67. The summed E-state index contributed by atoms with van der Waals surface area (Å²) in [6, 6.07) is 10.1. The Kier molecular flexibility index (Phi) is 8.23. The normalized spacial score (nSPS) is 11.1. The first-order valence-corrected chi connectivity index (χ1v) is 9.53. The van der Waals surface area contributed by atoms with E-state index < -0.39 is 0 Å². The van der Waals surface area contributed by atoms with Crippen LogP contribution in [0.25, 0.3) is 5.69 Å². The van der Waals surface area contributed by atoms with Crippen molar-refractivity contribution >= 4 is 41.3 Å². The van der Waals surface area contributed by atoms with Gasteiger partial charge >= 0.3 is 0 Å². The van der Waals surface area contributed by atoms with E-state index in [1.165, 1.54) is 0 Å². The first-order chi connectivity index (χ1) is 12.7. The van der Waals surface area contributed by atoms with Crippen LogP contribution in [0.5, 0.6) is 0 Å². The molecule has 2 heterocycles. The molecule has 0 aliphatic rings. The monoisotopic (exact) mass is 496 g/mol. The molecular weight excluding hydrogens is 471 g/mol. The lowest BCUT2D eigenvalue weighted by atomic mass is 10.3. The molecule has 0 amide bonds. The van der Waals surface area contributed by atoms with E-state index in [4.69, 9.17) is 4.99 Å². The van der Waals surface area contributed by atoms with Gasteiger partial charge in [0.05, 0.1) is 35.7 Å². The van der Waals surface area contributed by atoms with Crippen LogP contribution < -0.4 is 5.32 Å². The number of rotatable bonds is 6. The number of halogens is 1. The third-order valence-electron chi connectivity index (χ3n) is 3.83. The molecule has 0 bridgehead atoms. The Morgan fingerprint density at radius 2 is 2.07 bits per heavy atom. The van der Waals surface area contributed by atoms with E-state index in [9.17, 15) is 0 Å². The van der Waals surface area contributed by atoms with E-state index in [-0.39, 0.29) is 24.0 Å². The van der Waals surface area contributed by atoms with Gasteiger partial charge < -0.3 is 10.2 Å². The molecule has 0 aliphatic carbocycles. The van der Waals surface area contributed by atoms with Crippen molar-refractivity contribution in [2.24, 2.45) is 4.99 Å². The van der Waals surface area contributed by atoms with Gasteiger partial charge in [-0.1, -0.05) is 18.2 Å². The van der Waals surface area contributed by atoms with Gasteiger partial charge in [0.25, 0.3) is 0 Å². The van der Waals surface area contributed by atoms with Gasteiger partial charge in [-0.2, -0.15) is 5.10 Å². The minimum Gasteiger partial charge on any atom is -0.357 e. The second-order valence-electron chi connectivity index (χ2n) is 6.01. The number of hydrogen-bond donors (Lipinski definition) is 1. The molecule has 1 N–H and O–H groups in total. The zero-order chi connectivity index (χ0) is 18.4. The molecule has 0 unspecified atom stereocenters.